The van der Waals surface area contributed by atoms with Gasteiger partial charge in [0.1, 0.15) is 0 Å². The minimum absolute atomic E-state index is 0.171. The first-order valence-corrected chi connectivity index (χ1v) is 4.57. The van der Waals surface area contributed by atoms with E-state index < -0.39 is 0 Å². The van der Waals surface area contributed by atoms with Crippen LogP contribution in [0.5, 0.6) is 0 Å². The smallest absolute Gasteiger partial charge is 0.224 e. The van der Waals surface area contributed by atoms with Crippen LogP contribution in [0.1, 0.15) is 38.5 Å². The molecule has 0 radical (unpaired) electrons. The van der Waals surface area contributed by atoms with E-state index in [9.17, 15) is 9.59 Å². The summed E-state index contributed by atoms with van der Waals surface area (Å²) in [6.07, 6.45) is 5.48. The second-order valence-electron chi connectivity index (χ2n) is 3.54. The maximum absolute atomic E-state index is 11.4. The van der Waals surface area contributed by atoms with Crippen molar-refractivity contribution in [2.45, 2.75) is 38.5 Å². The van der Waals surface area contributed by atoms with Crippen molar-refractivity contribution in [2.75, 3.05) is 0 Å². The average Bonchev–Trinajstić information content (AvgIpc) is 2.12. The standard InChI is InChI=1S/C10H12O2/c11-9-6-5-7-3-1-2-4-8(7)10(9)12/h1-6H2. The van der Waals surface area contributed by atoms with Crippen molar-refractivity contribution < 1.29 is 9.59 Å². The average molecular weight is 164 g/mol. The molecule has 0 amide bonds. The summed E-state index contributed by atoms with van der Waals surface area (Å²) >= 11 is 0. The molecule has 0 saturated heterocycles. The highest BCUT2D eigenvalue weighted by Crippen LogP contribution is 2.31. The van der Waals surface area contributed by atoms with Crippen LogP contribution in [0.25, 0.3) is 0 Å². The van der Waals surface area contributed by atoms with Crippen molar-refractivity contribution in [3.05, 3.63) is 11.1 Å². The van der Waals surface area contributed by atoms with E-state index >= 15 is 0 Å². The largest absolute Gasteiger partial charge is 0.290 e. The lowest BCUT2D eigenvalue weighted by atomic mass is 9.81. The van der Waals surface area contributed by atoms with E-state index in [1.54, 1.807) is 0 Å². The molecule has 0 aromatic heterocycles. The molecule has 0 aromatic carbocycles. The molecular formula is C10H12O2. The van der Waals surface area contributed by atoms with Crippen molar-refractivity contribution in [1.29, 1.82) is 0 Å². The summed E-state index contributed by atoms with van der Waals surface area (Å²) in [6.45, 7) is 0. The molecule has 12 heavy (non-hydrogen) atoms. The van der Waals surface area contributed by atoms with Crippen LogP contribution in [0.3, 0.4) is 0 Å². The Labute approximate surface area is 71.6 Å². The number of Topliss-reactive ketones (excluding diaryl/α,β-unsaturated/α-hetero) is 2. The molecule has 0 bridgehead atoms. The summed E-state index contributed by atoms with van der Waals surface area (Å²) in [4.78, 5) is 22.4. The van der Waals surface area contributed by atoms with Crippen molar-refractivity contribution >= 4 is 11.6 Å². The SMILES string of the molecule is O=C1CCC2=C(CCCC2)C1=O. The highest BCUT2D eigenvalue weighted by molar-refractivity contribution is 6.44. The molecule has 0 unspecified atom stereocenters. The zero-order chi connectivity index (χ0) is 8.55. The lowest BCUT2D eigenvalue weighted by Crippen LogP contribution is -2.24. The number of allylic oxidation sites excluding steroid dienone is 2. The lowest BCUT2D eigenvalue weighted by Gasteiger charge is -2.22. The molecular weight excluding hydrogens is 152 g/mol. The maximum Gasteiger partial charge on any atom is 0.224 e. The first kappa shape index (κ1) is 7.71. The summed E-state index contributed by atoms with van der Waals surface area (Å²) in [6, 6.07) is 0. The summed E-state index contributed by atoms with van der Waals surface area (Å²) in [5, 5.41) is 0. The fourth-order valence-electron chi connectivity index (χ4n) is 2.06. The predicted molar refractivity (Wildman–Crippen MR) is 44.7 cm³/mol. The van der Waals surface area contributed by atoms with Gasteiger partial charge in [-0.1, -0.05) is 5.57 Å². The zero-order valence-electron chi connectivity index (χ0n) is 7.06. The Morgan fingerprint density at radius 2 is 1.58 bits per heavy atom. The second-order valence-corrected chi connectivity index (χ2v) is 3.54. The number of carbonyl (C=O) groups excluding carboxylic acids is 2. The highest BCUT2D eigenvalue weighted by Gasteiger charge is 2.28. The topological polar surface area (TPSA) is 34.1 Å². The van der Waals surface area contributed by atoms with E-state index in [-0.39, 0.29) is 11.6 Å². The summed E-state index contributed by atoms with van der Waals surface area (Å²) in [5.41, 5.74) is 2.13. The van der Waals surface area contributed by atoms with Gasteiger partial charge in [0.2, 0.25) is 11.6 Å². The van der Waals surface area contributed by atoms with Crippen LogP contribution in [0, 0.1) is 0 Å². The Morgan fingerprint density at radius 3 is 2.42 bits per heavy atom. The predicted octanol–water partition coefficient (Wildman–Crippen LogP) is 1.79. The maximum atomic E-state index is 11.4. The molecule has 2 nitrogen and oxygen atoms in total. The van der Waals surface area contributed by atoms with Gasteiger partial charge in [0, 0.05) is 12.0 Å². The normalized spacial score (nSPS) is 24.3. The molecule has 2 aliphatic rings. The van der Waals surface area contributed by atoms with Gasteiger partial charge < -0.3 is 0 Å². The van der Waals surface area contributed by atoms with Crippen molar-refractivity contribution in [3.63, 3.8) is 0 Å². The molecule has 0 N–H and O–H groups in total. The van der Waals surface area contributed by atoms with Crippen LogP contribution in [-0.2, 0) is 9.59 Å². The molecule has 0 heterocycles. The number of hydrogen-bond acceptors (Lipinski definition) is 2. The van der Waals surface area contributed by atoms with Gasteiger partial charge >= 0.3 is 0 Å². The van der Waals surface area contributed by atoms with Gasteiger partial charge in [-0.25, -0.2) is 0 Å². The Bertz CT molecular complexity index is 274. The van der Waals surface area contributed by atoms with Crippen LogP contribution < -0.4 is 0 Å². The zero-order valence-corrected chi connectivity index (χ0v) is 7.06. The first-order chi connectivity index (χ1) is 5.79. The molecule has 0 fully saturated rings. The van der Waals surface area contributed by atoms with E-state index in [0.29, 0.717) is 6.42 Å². The summed E-state index contributed by atoms with van der Waals surface area (Å²) in [5.74, 6) is -0.355. The van der Waals surface area contributed by atoms with Gasteiger partial charge in [-0.3, -0.25) is 9.59 Å². The van der Waals surface area contributed by atoms with E-state index in [1.165, 1.54) is 12.0 Å². The summed E-state index contributed by atoms with van der Waals surface area (Å²) in [7, 11) is 0. The van der Waals surface area contributed by atoms with E-state index in [4.69, 9.17) is 0 Å². The Kier molecular flexibility index (Phi) is 1.83. The monoisotopic (exact) mass is 164 g/mol. The van der Waals surface area contributed by atoms with Gasteiger partial charge in [-0.2, -0.15) is 0 Å². The quantitative estimate of drug-likeness (QED) is 0.511. The number of ketones is 2. The second kappa shape index (κ2) is 2.85. The molecule has 2 heteroatoms. The minimum Gasteiger partial charge on any atom is -0.290 e. The number of rotatable bonds is 0. The third-order valence-corrected chi connectivity index (χ3v) is 2.76. The highest BCUT2D eigenvalue weighted by atomic mass is 16.2. The van der Waals surface area contributed by atoms with Gasteiger partial charge in [0.25, 0.3) is 0 Å². The Morgan fingerprint density at radius 1 is 0.833 bits per heavy atom. The Balaban J connectivity index is 2.34. The molecule has 0 aliphatic heterocycles. The van der Waals surface area contributed by atoms with E-state index in [1.807, 2.05) is 0 Å². The van der Waals surface area contributed by atoms with Crippen LogP contribution >= 0.6 is 0 Å². The lowest BCUT2D eigenvalue weighted by molar-refractivity contribution is -0.135. The van der Waals surface area contributed by atoms with Gasteiger partial charge in [-0.15, -0.1) is 0 Å². The van der Waals surface area contributed by atoms with Crippen molar-refractivity contribution in [1.82, 2.24) is 0 Å². The molecule has 0 aromatic rings. The fourth-order valence-corrected chi connectivity index (χ4v) is 2.06. The number of carbonyl (C=O) groups is 2. The molecule has 64 valence electrons. The van der Waals surface area contributed by atoms with E-state index in [2.05, 4.69) is 0 Å². The van der Waals surface area contributed by atoms with Gasteiger partial charge in [0.15, 0.2) is 0 Å². The van der Waals surface area contributed by atoms with Crippen molar-refractivity contribution in [2.24, 2.45) is 0 Å². The van der Waals surface area contributed by atoms with Crippen molar-refractivity contribution in [3.8, 4) is 0 Å². The van der Waals surface area contributed by atoms with Crippen LogP contribution in [0.4, 0.5) is 0 Å². The number of hydrogen-bond donors (Lipinski definition) is 0. The Hall–Kier alpha value is -0.920. The molecule has 0 saturated carbocycles. The molecule has 0 atom stereocenters. The van der Waals surface area contributed by atoms with Crippen LogP contribution in [0.15, 0.2) is 11.1 Å². The van der Waals surface area contributed by atoms with E-state index in [0.717, 1.165) is 31.3 Å². The third kappa shape index (κ3) is 1.11. The van der Waals surface area contributed by atoms with Crippen LogP contribution in [0.2, 0.25) is 0 Å². The fraction of sp³-hybridized carbons (Fsp3) is 0.600. The first-order valence-electron chi connectivity index (χ1n) is 4.57. The molecule has 2 rings (SSSR count). The molecule has 2 aliphatic carbocycles. The minimum atomic E-state index is -0.184. The van der Waals surface area contributed by atoms with Gasteiger partial charge in [-0.05, 0) is 32.1 Å². The van der Waals surface area contributed by atoms with Crippen LogP contribution in [-0.4, -0.2) is 11.6 Å². The molecule has 0 spiro atoms. The van der Waals surface area contributed by atoms with Gasteiger partial charge in [0.05, 0.1) is 0 Å². The third-order valence-electron chi connectivity index (χ3n) is 2.76. The summed E-state index contributed by atoms with van der Waals surface area (Å²) < 4.78 is 0.